The number of nitrogens with zero attached hydrogens (tertiary/aromatic N) is 3. The molecule has 0 radical (unpaired) electrons. The number of carbonyl (C=O) groups is 1. The third kappa shape index (κ3) is 3.48. The molecule has 0 aliphatic heterocycles. The van der Waals surface area contributed by atoms with Crippen molar-refractivity contribution in [3.8, 4) is 5.82 Å². The van der Waals surface area contributed by atoms with E-state index < -0.39 is 11.8 Å². The third-order valence-corrected chi connectivity index (χ3v) is 2.23. The zero-order chi connectivity index (χ0) is 13.7. The lowest BCUT2D eigenvalue weighted by Crippen LogP contribution is -1.99. The van der Waals surface area contributed by atoms with Gasteiger partial charge in [-0.2, -0.15) is 5.10 Å². The lowest BCUT2D eigenvalue weighted by Gasteiger charge is -1.98. The van der Waals surface area contributed by atoms with E-state index in [2.05, 4.69) is 10.1 Å². The minimum absolute atomic E-state index is 0.330. The van der Waals surface area contributed by atoms with Gasteiger partial charge in [-0.15, -0.1) is 0 Å². The molecule has 0 spiro atoms. The maximum Gasteiger partial charge on any atom is 0.330 e. The number of halogens is 1. The average molecular weight is 261 g/mol. The van der Waals surface area contributed by atoms with Crippen LogP contribution in [0, 0.1) is 5.82 Å². The number of carbonyl (C=O) groups excluding carboxylic acids is 1. The molecule has 0 fully saturated rings. The van der Waals surface area contributed by atoms with E-state index in [0.29, 0.717) is 18.1 Å². The van der Waals surface area contributed by atoms with Gasteiger partial charge in [0.1, 0.15) is 5.82 Å². The Hall–Kier alpha value is -2.50. The van der Waals surface area contributed by atoms with Gasteiger partial charge in [0.25, 0.3) is 0 Å². The molecule has 0 bridgehead atoms. The van der Waals surface area contributed by atoms with E-state index in [-0.39, 0.29) is 0 Å². The van der Waals surface area contributed by atoms with Crippen molar-refractivity contribution in [2.75, 3.05) is 6.61 Å². The molecule has 0 saturated heterocycles. The fourth-order valence-corrected chi connectivity index (χ4v) is 1.40. The minimum Gasteiger partial charge on any atom is -0.463 e. The molecule has 6 heteroatoms. The number of hydrogen-bond acceptors (Lipinski definition) is 4. The van der Waals surface area contributed by atoms with Gasteiger partial charge < -0.3 is 4.74 Å². The molecule has 0 saturated carbocycles. The largest absolute Gasteiger partial charge is 0.463 e. The van der Waals surface area contributed by atoms with Crippen molar-refractivity contribution in [3.05, 3.63) is 48.2 Å². The van der Waals surface area contributed by atoms with Crippen molar-refractivity contribution in [2.45, 2.75) is 6.92 Å². The highest BCUT2D eigenvalue weighted by atomic mass is 19.1. The number of pyridine rings is 1. The van der Waals surface area contributed by atoms with Crippen LogP contribution in [-0.4, -0.2) is 27.3 Å². The lowest BCUT2D eigenvalue weighted by molar-refractivity contribution is -0.137. The Morgan fingerprint density at radius 2 is 2.32 bits per heavy atom. The summed E-state index contributed by atoms with van der Waals surface area (Å²) in [4.78, 5) is 15.0. The first-order valence-corrected chi connectivity index (χ1v) is 5.71. The van der Waals surface area contributed by atoms with Crippen molar-refractivity contribution < 1.29 is 13.9 Å². The topological polar surface area (TPSA) is 57.0 Å². The summed E-state index contributed by atoms with van der Waals surface area (Å²) in [5.41, 5.74) is 0.583. The second-order valence-corrected chi connectivity index (χ2v) is 3.61. The smallest absolute Gasteiger partial charge is 0.330 e. The zero-order valence-electron chi connectivity index (χ0n) is 10.3. The van der Waals surface area contributed by atoms with Gasteiger partial charge in [0.15, 0.2) is 5.82 Å². The summed E-state index contributed by atoms with van der Waals surface area (Å²) in [5.74, 6) is -0.326. The molecule has 0 atom stereocenters. The third-order valence-electron chi connectivity index (χ3n) is 2.23. The molecule has 2 aromatic rings. The van der Waals surface area contributed by atoms with Crippen molar-refractivity contribution in [2.24, 2.45) is 0 Å². The monoisotopic (exact) mass is 261 g/mol. The first kappa shape index (κ1) is 12.9. The summed E-state index contributed by atoms with van der Waals surface area (Å²) in [6.07, 6.45) is 5.63. The maximum absolute atomic E-state index is 12.7. The second-order valence-electron chi connectivity index (χ2n) is 3.61. The summed E-state index contributed by atoms with van der Waals surface area (Å²) >= 11 is 0. The molecule has 98 valence electrons. The SMILES string of the molecule is CCOC(=O)/C=C/c1ccn(-c2ccc(F)cn2)n1. The molecule has 0 unspecified atom stereocenters. The Bertz CT molecular complexity index is 590. The average Bonchev–Trinajstić information content (AvgIpc) is 2.86. The van der Waals surface area contributed by atoms with Gasteiger partial charge in [0.2, 0.25) is 0 Å². The number of aromatic nitrogens is 3. The van der Waals surface area contributed by atoms with Crippen LogP contribution >= 0.6 is 0 Å². The molecule has 0 aromatic carbocycles. The van der Waals surface area contributed by atoms with Gasteiger partial charge in [-0.1, -0.05) is 0 Å². The quantitative estimate of drug-likeness (QED) is 0.623. The molecule has 0 aliphatic carbocycles. The normalized spacial score (nSPS) is 10.8. The number of ether oxygens (including phenoxy) is 1. The molecule has 19 heavy (non-hydrogen) atoms. The summed E-state index contributed by atoms with van der Waals surface area (Å²) in [7, 11) is 0. The van der Waals surface area contributed by atoms with Crippen LogP contribution in [0.4, 0.5) is 4.39 Å². The summed E-state index contributed by atoms with van der Waals surface area (Å²) in [5, 5.41) is 4.18. The Kier molecular flexibility index (Phi) is 4.02. The Balaban J connectivity index is 2.11. The predicted octanol–water partition coefficient (Wildman–Crippen LogP) is 1.98. The van der Waals surface area contributed by atoms with Crippen LogP contribution in [0.1, 0.15) is 12.6 Å². The van der Waals surface area contributed by atoms with E-state index in [4.69, 9.17) is 4.74 Å². The van der Waals surface area contributed by atoms with E-state index >= 15 is 0 Å². The highest BCUT2D eigenvalue weighted by molar-refractivity contribution is 5.86. The Labute approximate surface area is 109 Å². The summed E-state index contributed by atoms with van der Waals surface area (Å²) in [6.45, 7) is 2.07. The van der Waals surface area contributed by atoms with Crippen molar-refractivity contribution in [1.82, 2.24) is 14.8 Å². The van der Waals surface area contributed by atoms with E-state index in [1.54, 1.807) is 19.2 Å². The van der Waals surface area contributed by atoms with Crippen LogP contribution in [0.2, 0.25) is 0 Å². The van der Waals surface area contributed by atoms with Gasteiger partial charge >= 0.3 is 5.97 Å². The van der Waals surface area contributed by atoms with Crippen LogP contribution in [0.5, 0.6) is 0 Å². The van der Waals surface area contributed by atoms with E-state index in [0.717, 1.165) is 6.20 Å². The van der Waals surface area contributed by atoms with E-state index in [1.165, 1.54) is 29.0 Å². The Morgan fingerprint density at radius 3 is 3.00 bits per heavy atom. The molecule has 2 rings (SSSR count). The summed E-state index contributed by atoms with van der Waals surface area (Å²) < 4.78 is 19.0. The van der Waals surface area contributed by atoms with Crippen LogP contribution in [-0.2, 0) is 9.53 Å². The fourth-order valence-electron chi connectivity index (χ4n) is 1.40. The lowest BCUT2D eigenvalue weighted by atomic mass is 10.4. The van der Waals surface area contributed by atoms with Gasteiger partial charge in [0.05, 0.1) is 18.5 Å². The van der Waals surface area contributed by atoms with Gasteiger partial charge in [0, 0.05) is 12.3 Å². The van der Waals surface area contributed by atoms with Gasteiger partial charge in [-0.3, -0.25) is 0 Å². The fraction of sp³-hybridized carbons (Fsp3) is 0.154. The Morgan fingerprint density at radius 1 is 1.47 bits per heavy atom. The van der Waals surface area contributed by atoms with Gasteiger partial charge in [-0.05, 0) is 31.2 Å². The van der Waals surface area contributed by atoms with Crippen LogP contribution < -0.4 is 0 Å². The van der Waals surface area contributed by atoms with Crippen LogP contribution in [0.15, 0.2) is 36.7 Å². The molecule has 0 N–H and O–H groups in total. The van der Waals surface area contributed by atoms with Crippen molar-refractivity contribution >= 4 is 12.0 Å². The summed E-state index contributed by atoms with van der Waals surface area (Å²) in [6, 6.07) is 4.53. The van der Waals surface area contributed by atoms with E-state index in [9.17, 15) is 9.18 Å². The highest BCUT2D eigenvalue weighted by Crippen LogP contribution is 2.06. The highest BCUT2D eigenvalue weighted by Gasteiger charge is 2.01. The van der Waals surface area contributed by atoms with Crippen LogP contribution in [0.3, 0.4) is 0 Å². The first-order valence-electron chi connectivity index (χ1n) is 5.71. The van der Waals surface area contributed by atoms with Crippen molar-refractivity contribution in [1.29, 1.82) is 0 Å². The van der Waals surface area contributed by atoms with Gasteiger partial charge in [-0.25, -0.2) is 18.9 Å². The molecule has 2 heterocycles. The first-order chi connectivity index (χ1) is 9.19. The molecular weight excluding hydrogens is 249 g/mol. The standard InChI is InChI=1S/C13H12FN3O2/c1-2-19-13(18)6-4-11-7-8-17(16-11)12-5-3-10(14)9-15-12/h3-9H,2H2,1H3/b6-4+. The number of rotatable bonds is 4. The van der Waals surface area contributed by atoms with Crippen molar-refractivity contribution in [3.63, 3.8) is 0 Å². The zero-order valence-corrected chi connectivity index (χ0v) is 10.3. The number of hydrogen-bond donors (Lipinski definition) is 0. The molecular formula is C13H12FN3O2. The molecule has 5 nitrogen and oxygen atoms in total. The minimum atomic E-state index is -0.419. The van der Waals surface area contributed by atoms with Crippen LogP contribution in [0.25, 0.3) is 11.9 Å². The maximum atomic E-state index is 12.7. The second kappa shape index (κ2) is 5.90. The molecule has 0 aliphatic rings. The van der Waals surface area contributed by atoms with E-state index in [1.807, 2.05) is 0 Å². The molecule has 2 aromatic heterocycles. The predicted molar refractivity (Wildman–Crippen MR) is 67.0 cm³/mol. The molecule has 0 amide bonds. The number of esters is 1.